The Labute approximate surface area is 126 Å². The SMILES string of the molecule is COC(=O)C(C)(C)[C@H](N)c1cc(F)cc([N+](=O)[O-])c1O.Cl. The fraction of sp³-hybridized carbons (Fsp3) is 0.417. The summed E-state index contributed by atoms with van der Waals surface area (Å²) in [4.78, 5) is 21.5. The standard InChI is InChI=1S/C12H15FN2O5.ClH/c1-12(2,11(17)20-3)10(14)7-4-6(13)5-8(9(7)16)15(18)19;/h4-5,10,16H,14H2,1-3H3;1H/t10-;/m1./s1. The third-order valence-corrected chi connectivity index (χ3v) is 3.10. The Hall–Kier alpha value is -1.93. The Balaban J connectivity index is 0.00000400. The number of carbonyl (C=O) groups is 1. The Bertz CT molecular complexity index is 565. The predicted octanol–water partition coefficient (Wildman–Crippen LogP) is 2.06. The highest BCUT2D eigenvalue weighted by Gasteiger charge is 2.39. The molecule has 1 rings (SSSR count). The van der Waals surface area contributed by atoms with Crippen LogP contribution in [-0.4, -0.2) is 23.1 Å². The highest BCUT2D eigenvalue weighted by Crippen LogP contribution is 2.40. The van der Waals surface area contributed by atoms with E-state index >= 15 is 0 Å². The van der Waals surface area contributed by atoms with E-state index in [2.05, 4.69) is 4.74 Å². The van der Waals surface area contributed by atoms with E-state index in [1.54, 1.807) is 0 Å². The Morgan fingerprint density at radius 3 is 2.48 bits per heavy atom. The second kappa shape index (κ2) is 6.68. The van der Waals surface area contributed by atoms with Gasteiger partial charge in [-0.05, 0) is 19.9 Å². The third kappa shape index (κ3) is 3.59. The molecule has 0 aliphatic rings. The third-order valence-electron chi connectivity index (χ3n) is 3.10. The van der Waals surface area contributed by atoms with Crippen molar-refractivity contribution in [3.63, 3.8) is 0 Å². The van der Waals surface area contributed by atoms with E-state index < -0.39 is 39.6 Å². The van der Waals surface area contributed by atoms with E-state index in [-0.39, 0.29) is 18.0 Å². The molecule has 0 aromatic heterocycles. The first-order valence-electron chi connectivity index (χ1n) is 5.63. The zero-order valence-corrected chi connectivity index (χ0v) is 12.4. The molecule has 9 heteroatoms. The number of ether oxygens (including phenoxy) is 1. The summed E-state index contributed by atoms with van der Waals surface area (Å²) in [5.74, 6) is -2.38. The Morgan fingerprint density at radius 1 is 1.52 bits per heavy atom. The van der Waals surface area contributed by atoms with Gasteiger partial charge in [0.25, 0.3) is 0 Å². The van der Waals surface area contributed by atoms with Crippen molar-refractivity contribution in [2.45, 2.75) is 19.9 Å². The zero-order chi connectivity index (χ0) is 15.7. The Kier molecular flexibility index (Phi) is 6.07. The molecule has 0 spiro atoms. The molecule has 0 radical (unpaired) electrons. The topological polar surface area (TPSA) is 116 Å². The lowest BCUT2D eigenvalue weighted by Gasteiger charge is -2.29. The van der Waals surface area contributed by atoms with Gasteiger partial charge in [0.2, 0.25) is 0 Å². The molecule has 7 nitrogen and oxygen atoms in total. The van der Waals surface area contributed by atoms with Crippen molar-refractivity contribution in [1.82, 2.24) is 0 Å². The summed E-state index contributed by atoms with van der Waals surface area (Å²) in [5, 5.41) is 20.6. The minimum atomic E-state index is -1.30. The van der Waals surface area contributed by atoms with Crippen LogP contribution in [0.1, 0.15) is 25.5 Å². The van der Waals surface area contributed by atoms with Crippen molar-refractivity contribution in [2.75, 3.05) is 7.11 Å². The number of rotatable bonds is 4. The minimum absolute atomic E-state index is 0. The zero-order valence-electron chi connectivity index (χ0n) is 11.6. The largest absolute Gasteiger partial charge is 0.502 e. The van der Waals surface area contributed by atoms with E-state index in [1.165, 1.54) is 13.8 Å². The van der Waals surface area contributed by atoms with Crippen molar-refractivity contribution in [2.24, 2.45) is 11.1 Å². The second-order valence-electron chi connectivity index (χ2n) is 4.81. The molecule has 1 aromatic rings. The summed E-state index contributed by atoms with van der Waals surface area (Å²) >= 11 is 0. The molecular formula is C12H16ClFN2O5. The molecular weight excluding hydrogens is 307 g/mol. The fourth-order valence-electron chi connectivity index (χ4n) is 1.76. The molecule has 21 heavy (non-hydrogen) atoms. The van der Waals surface area contributed by atoms with Gasteiger partial charge in [-0.1, -0.05) is 0 Å². The minimum Gasteiger partial charge on any atom is -0.502 e. The molecule has 0 heterocycles. The monoisotopic (exact) mass is 322 g/mol. The maximum atomic E-state index is 13.4. The number of methoxy groups -OCH3 is 1. The van der Waals surface area contributed by atoms with Crippen molar-refractivity contribution in [1.29, 1.82) is 0 Å². The summed E-state index contributed by atoms with van der Waals surface area (Å²) in [7, 11) is 1.16. The summed E-state index contributed by atoms with van der Waals surface area (Å²) in [6.07, 6.45) is 0. The number of carbonyl (C=O) groups excluding carboxylic acids is 1. The molecule has 0 aliphatic heterocycles. The van der Waals surface area contributed by atoms with Crippen LogP contribution in [0.15, 0.2) is 12.1 Å². The summed E-state index contributed by atoms with van der Waals surface area (Å²) in [6.45, 7) is 2.86. The van der Waals surface area contributed by atoms with Crippen LogP contribution in [0.25, 0.3) is 0 Å². The van der Waals surface area contributed by atoms with Gasteiger partial charge in [-0.2, -0.15) is 0 Å². The first-order chi connectivity index (χ1) is 9.12. The highest BCUT2D eigenvalue weighted by atomic mass is 35.5. The number of nitro groups is 1. The van der Waals surface area contributed by atoms with E-state index in [0.29, 0.717) is 6.07 Å². The van der Waals surface area contributed by atoms with Crippen LogP contribution >= 0.6 is 12.4 Å². The van der Waals surface area contributed by atoms with Gasteiger partial charge in [-0.3, -0.25) is 14.9 Å². The number of nitrogens with two attached hydrogens (primary N) is 1. The maximum absolute atomic E-state index is 13.4. The molecule has 0 unspecified atom stereocenters. The lowest BCUT2D eigenvalue weighted by molar-refractivity contribution is -0.386. The van der Waals surface area contributed by atoms with Crippen molar-refractivity contribution >= 4 is 24.1 Å². The Morgan fingerprint density at radius 2 is 2.05 bits per heavy atom. The first-order valence-corrected chi connectivity index (χ1v) is 5.63. The molecule has 118 valence electrons. The molecule has 0 bridgehead atoms. The van der Waals surface area contributed by atoms with E-state index in [1.807, 2.05) is 0 Å². The van der Waals surface area contributed by atoms with Gasteiger partial charge >= 0.3 is 11.7 Å². The number of hydrogen-bond donors (Lipinski definition) is 2. The van der Waals surface area contributed by atoms with E-state index in [9.17, 15) is 24.4 Å². The predicted molar refractivity (Wildman–Crippen MR) is 74.7 cm³/mol. The van der Waals surface area contributed by atoms with Gasteiger partial charge in [0.15, 0.2) is 5.75 Å². The van der Waals surface area contributed by atoms with Crippen molar-refractivity contribution < 1.29 is 24.0 Å². The molecule has 0 amide bonds. The summed E-state index contributed by atoms with van der Waals surface area (Å²) < 4.78 is 18.0. The molecule has 3 N–H and O–H groups in total. The normalized spacial score (nSPS) is 12.2. The molecule has 1 aromatic carbocycles. The second-order valence-corrected chi connectivity index (χ2v) is 4.81. The number of nitrogens with zero attached hydrogens (tertiary/aromatic N) is 1. The molecule has 0 aliphatic carbocycles. The van der Waals surface area contributed by atoms with Crippen LogP contribution in [0, 0.1) is 21.3 Å². The van der Waals surface area contributed by atoms with Gasteiger partial charge < -0.3 is 15.6 Å². The number of aromatic hydroxyl groups is 1. The number of phenolic OH excluding ortho intramolecular Hbond substituents is 1. The quantitative estimate of drug-likeness (QED) is 0.498. The highest BCUT2D eigenvalue weighted by molar-refractivity contribution is 5.85. The van der Waals surface area contributed by atoms with Gasteiger partial charge in [-0.15, -0.1) is 12.4 Å². The van der Waals surface area contributed by atoms with Crippen LogP contribution in [0.3, 0.4) is 0 Å². The maximum Gasteiger partial charge on any atom is 0.313 e. The van der Waals surface area contributed by atoms with Crippen molar-refractivity contribution in [3.8, 4) is 5.75 Å². The van der Waals surface area contributed by atoms with Gasteiger partial charge in [0.05, 0.1) is 23.5 Å². The number of benzene rings is 1. The molecule has 0 fully saturated rings. The van der Waals surface area contributed by atoms with Gasteiger partial charge in [0.1, 0.15) is 5.82 Å². The summed E-state index contributed by atoms with van der Waals surface area (Å²) in [6, 6.07) is 0.262. The average Bonchev–Trinajstić information content (AvgIpc) is 2.38. The fourth-order valence-corrected chi connectivity index (χ4v) is 1.76. The van der Waals surface area contributed by atoms with Crippen molar-refractivity contribution in [3.05, 3.63) is 33.6 Å². The first kappa shape index (κ1) is 19.1. The van der Waals surface area contributed by atoms with E-state index in [0.717, 1.165) is 13.2 Å². The van der Waals surface area contributed by atoms with Gasteiger partial charge in [-0.25, -0.2) is 4.39 Å². The number of esters is 1. The van der Waals surface area contributed by atoms with Gasteiger partial charge in [0, 0.05) is 11.6 Å². The van der Waals surface area contributed by atoms with Crippen LogP contribution in [-0.2, 0) is 9.53 Å². The molecule has 1 atom stereocenters. The van der Waals surface area contributed by atoms with Crippen LogP contribution in [0.5, 0.6) is 5.75 Å². The summed E-state index contributed by atoms with van der Waals surface area (Å²) in [5.41, 5.74) is 3.50. The lowest BCUT2D eigenvalue weighted by Crippen LogP contribution is -2.37. The average molecular weight is 323 g/mol. The number of phenols is 1. The van der Waals surface area contributed by atoms with Crippen LogP contribution in [0.4, 0.5) is 10.1 Å². The number of hydrogen-bond acceptors (Lipinski definition) is 6. The molecule has 0 saturated carbocycles. The van der Waals surface area contributed by atoms with Crippen LogP contribution < -0.4 is 5.73 Å². The lowest BCUT2D eigenvalue weighted by atomic mass is 9.80. The van der Waals surface area contributed by atoms with Crippen LogP contribution in [0.2, 0.25) is 0 Å². The number of halogens is 2. The smallest absolute Gasteiger partial charge is 0.313 e. The number of nitro benzene ring substituents is 1. The van der Waals surface area contributed by atoms with E-state index in [4.69, 9.17) is 5.73 Å². The molecule has 0 saturated heterocycles.